The van der Waals surface area contributed by atoms with Crippen molar-refractivity contribution < 1.29 is 14.6 Å². The number of methoxy groups -OCH3 is 2. The monoisotopic (exact) mass is 558 g/mol. The number of halogens is 1. The van der Waals surface area contributed by atoms with Crippen molar-refractivity contribution in [1.82, 2.24) is 0 Å². The van der Waals surface area contributed by atoms with Crippen molar-refractivity contribution in [3.05, 3.63) is 58.7 Å². The minimum absolute atomic E-state index is 0.343. The molecule has 2 aromatic rings. The van der Waals surface area contributed by atoms with Crippen LogP contribution >= 0.6 is 15.9 Å². The van der Waals surface area contributed by atoms with E-state index in [1.807, 2.05) is 0 Å². The molecule has 2 saturated carbocycles. The fourth-order valence-electron chi connectivity index (χ4n) is 6.33. The molecule has 200 valence electrons. The Morgan fingerprint density at radius 2 is 1.19 bits per heavy atom. The summed E-state index contributed by atoms with van der Waals surface area (Å²) in [5.41, 5.74) is 5.39. The van der Waals surface area contributed by atoms with Gasteiger partial charge in [-0.2, -0.15) is 0 Å². The number of rotatable bonds is 6. The van der Waals surface area contributed by atoms with E-state index in [-0.39, 0.29) is 0 Å². The minimum atomic E-state index is 0.343. The van der Waals surface area contributed by atoms with Crippen LogP contribution in [0.4, 0.5) is 0 Å². The maximum absolute atomic E-state index is 9.31. The highest BCUT2D eigenvalue weighted by Gasteiger charge is 2.29. The molecule has 36 heavy (non-hydrogen) atoms. The van der Waals surface area contributed by atoms with Gasteiger partial charge in [-0.25, -0.2) is 0 Å². The number of aliphatic hydroxyl groups excluding tert-OH is 1. The average molecular weight is 560 g/mol. The quantitative estimate of drug-likeness (QED) is 0.361. The fourth-order valence-corrected chi connectivity index (χ4v) is 7.30. The number of ether oxygens (including phenoxy) is 2. The second-order valence-electron chi connectivity index (χ2n) is 11.3. The van der Waals surface area contributed by atoms with Gasteiger partial charge in [-0.1, -0.05) is 54.0 Å². The fraction of sp³-hybridized carbons (Fsp3) is 0.625. The Hall–Kier alpha value is -1.52. The first-order valence-electron chi connectivity index (χ1n) is 13.8. The van der Waals surface area contributed by atoms with Crippen LogP contribution in [0.3, 0.4) is 0 Å². The first-order chi connectivity index (χ1) is 17.3. The van der Waals surface area contributed by atoms with Gasteiger partial charge in [0.05, 0.1) is 14.2 Å². The van der Waals surface area contributed by atoms with E-state index in [9.17, 15) is 5.11 Å². The van der Waals surface area contributed by atoms with Crippen molar-refractivity contribution in [2.45, 2.75) is 78.1 Å². The van der Waals surface area contributed by atoms with Gasteiger partial charge in [0.1, 0.15) is 11.5 Å². The first-order valence-corrected chi connectivity index (χ1v) is 14.9. The Morgan fingerprint density at radius 1 is 0.750 bits per heavy atom. The molecular formula is C32H47BrO3. The van der Waals surface area contributed by atoms with E-state index in [2.05, 4.69) is 80.0 Å². The van der Waals surface area contributed by atoms with Gasteiger partial charge in [-0.15, -0.1) is 0 Å². The third-order valence-corrected chi connectivity index (χ3v) is 9.74. The summed E-state index contributed by atoms with van der Waals surface area (Å²) in [6.45, 7) is 9.24. The normalized spacial score (nSPS) is 28.1. The maximum Gasteiger partial charge on any atom is 0.121 e. The molecule has 0 bridgehead atoms. The topological polar surface area (TPSA) is 38.7 Å². The van der Waals surface area contributed by atoms with Gasteiger partial charge in [0.25, 0.3) is 0 Å². The largest absolute Gasteiger partial charge is 0.496 e. The van der Waals surface area contributed by atoms with Crippen LogP contribution in [0.2, 0.25) is 0 Å². The Balaban J connectivity index is 0.000000201. The number of hydrogen-bond donors (Lipinski definition) is 1. The average Bonchev–Trinajstić information content (AvgIpc) is 2.88. The lowest BCUT2D eigenvalue weighted by atomic mass is 9.73. The second-order valence-corrected chi connectivity index (χ2v) is 11.9. The summed E-state index contributed by atoms with van der Waals surface area (Å²) in [6.07, 6.45) is 7.53. The van der Waals surface area contributed by atoms with Gasteiger partial charge >= 0.3 is 0 Å². The van der Waals surface area contributed by atoms with Crippen LogP contribution in [-0.2, 0) is 0 Å². The lowest BCUT2D eigenvalue weighted by Crippen LogP contribution is -2.24. The smallest absolute Gasteiger partial charge is 0.121 e. The molecule has 0 spiro atoms. The van der Waals surface area contributed by atoms with Gasteiger partial charge in [-0.3, -0.25) is 0 Å². The van der Waals surface area contributed by atoms with E-state index in [0.29, 0.717) is 24.4 Å². The molecule has 0 heterocycles. The predicted molar refractivity (Wildman–Crippen MR) is 155 cm³/mol. The zero-order valence-electron chi connectivity index (χ0n) is 23.2. The highest BCUT2D eigenvalue weighted by Crippen LogP contribution is 2.41. The third-order valence-electron chi connectivity index (χ3n) is 8.91. The molecule has 2 aliphatic rings. The van der Waals surface area contributed by atoms with Crippen molar-refractivity contribution in [1.29, 1.82) is 0 Å². The van der Waals surface area contributed by atoms with Crippen LogP contribution in [0, 0.1) is 37.5 Å². The van der Waals surface area contributed by atoms with Gasteiger partial charge in [0.15, 0.2) is 0 Å². The van der Waals surface area contributed by atoms with E-state index < -0.39 is 0 Å². The molecular weight excluding hydrogens is 512 g/mol. The summed E-state index contributed by atoms with van der Waals surface area (Å²) < 4.78 is 10.6. The zero-order chi connectivity index (χ0) is 26.2. The van der Waals surface area contributed by atoms with Crippen molar-refractivity contribution in [3.8, 4) is 11.5 Å². The Bertz CT molecular complexity index is 881. The maximum atomic E-state index is 9.31. The number of benzene rings is 2. The molecule has 2 fully saturated rings. The highest BCUT2D eigenvalue weighted by molar-refractivity contribution is 9.09. The van der Waals surface area contributed by atoms with Crippen LogP contribution in [0.15, 0.2) is 36.4 Å². The summed E-state index contributed by atoms with van der Waals surface area (Å²) in [4.78, 5) is 0. The lowest BCUT2D eigenvalue weighted by molar-refractivity contribution is 0.135. The van der Waals surface area contributed by atoms with E-state index in [1.54, 1.807) is 14.2 Å². The third kappa shape index (κ3) is 7.28. The van der Waals surface area contributed by atoms with Crippen molar-refractivity contribution in [2.24, 2.45) is 23.7 Å². The molecule has 4 rings (SSSR count). The molecule has 2 aliphatic carbocycles. The minimum Gasteiger partial charge on any atom is -0.496 e. The Kier molecular flexibility index (Phi) is 11.2. The molecule has 0 amide bonds. The van der Waals surface area contributed by atoms with Crippen LogP contribution in [0.1, 0.15) is 86.5 Å². The Morgan fingerprint density at radius 3 is 1.53 bits per heavy atom. The predicted octanol–water partition coefficient (Wildman–Crippen LogP) is 8.43. The molecule has 0 radical (unpaired) electrons. The first kappa shape index (κ1) is 29.0. The number of alkyl halides is 1. The summed E-state index contributed by atoms with van der Waals surface area (Å²) in [6, 6.07) is 13.2. The number of hydrogen-bond acceptors (Lipinski definition) is 3. The van der Waals surface area contributed by atoms with Crippen LogP contribution in [0.25, 0.3) is 0 Å². The molecule has 2 aromatic carbocycles. The van der Waals surface area contributed by atoms with Crippen LogP contribution in [-0.4, -0.2) is 31.3 Å². The van der Waals surface area contributed by atoms with Crippen molar-refractivity contribution >= 4 is 15.9 Å². The second kappa shape index (κ2) is 13.9. The highest BCUT2D eigenvalue weighted by atomic mass is 79.9. The number of aliphatic hydroxyl groups is 1. The molecule has 6 unspecified atom stereocenters. The van der Waals surface area contributed by atoms with E-state index in [4.69, 9.17) is 9.47 Å². The molecule has 1 N–H and O–H groups in total. The van der Waals surface area contributed by atoms with E-state index in [0.717, 1.165) is 41.0 Å². The van der Waals surface area contributed by atoms with Gasteiger partial charge < -0.3 is 14.6 Å². The molecule has 0 aliphatic heterocycles. The summed E-state index contributed by atoms with van der Waals surface area (Å²) in [5, 5.41) is 10.5. The molecule has 4 heteroatoms. The SMILES string of the molecule is COc1ccc(C2CCC(CBr)C(C)C2)cc1C.COc1ccc(C2CCC(CO)C(C)C2)cc1C. The molecule has 3 nitrogen and oxygen atoms in total. The summed E-state index contributed by atoms with van der Waals surface area (Å²) in [7, 11) is 3.46. The Labute approximate surface area is 228 Å². The van der Waals surface area contributed by atoms with E-state index in [1.165, 1.54) is 54.4 Å². The van der Waals surface area contributed by atoms with E-state index >= 15 is 0 Å². The van der Waals surface area contributed by atoms with Crippen molar-refractivity contribution in [3.63, 3.8) is 0 Å². The van der Waals surface area contributed by atoms with Gasteiger partial charge in [0.2, 0.25) is 0 Å². The summed E-state index contributed by atoms with van der Waals surface area (Å²) >= 11 is 3.64. The molecule has 0 saturated heterocycles. The molecule has 6 atom stereocenters. The molecule has 0 aromatic heterocycles. The van der Waals surface area contributed by atoms with Crippen LogP contribution in [0.5, 0.6) is 11.5 Å². The summed E-state index contributed by atoms with van der Waals surface area (Å²) in [5.74, 6) is 6.16. The standard InChI is InChI=1S/C16H23BrO.C16H24O2/c2*1-11-8-13(4-5-15(11)10-17)14-6-7-16(18-3)12(2)9-14/h6-7,9,11,13,15H,4-5,8,10H2,1-3H3;6-7,9,11,13,15,17H,4-5,8,10H2,1-3H3. The van der Waals surface area contributed by atoms with Gasteiger partial charge in [-0.05, 0) is 122 Å². The van der Waals surface area contributed by atoms with Crippen molar-refractivity contribution in [2.75, 3.05) is 26.2 Å². The van der Waals surface area contributed by atoms with Crippen LogP contribution < -0.4 is 9.47 Å². The lowest BCUT2D eigenvalue weighted by Gasteiger charge is -2.33. The number of aryl methyl sites for hydroxylation is 2. The zero-order valence-corrected chi connectivity index (χ0v) is 24.8. The van der Waals surface area contributed by atoms with Gasteiger partial charge in [0, 0.05) is 11.9 Å².